The highest BCUT2D eigenvalue weighted by atomic mass is 15.2. The highest BCUT2D eigenvalue weighted by Crippen LogP contribution is 2.48. The zero-order valence-corrected chi connectivity index (χ0v) is 40.0. The highest BCUT2D eigenvalue weighted by Gasteiger charge is 2.45. The Morgan fingerprint density at radius 1 is 0.302 bits per heavy atom. The molecule has 0 fully saturated rings. The van der Waals surface area contributed by atoms with Gasteiger partial charge in [0.2, 0.25) is 0 Å². The van der Waals surface area contributed by atoms with Crippen LogP contribution in [0.5, 0.6) is 0 Å². The average Bonchev–Trinajstić information content (AvgIpc) is 3.25. The minimum absolute atomic E-state index is 0.0181. The van der Waals surface area contributed by atoms with Crippen molar-refractivity contribution < 1.29 is 0 Å². The molecule has 7 aromatic rings. The van der Waals surface area contributed by atoms with Crippen LogP contribution >= 0.6 is 0 Å². The van der Waals surface area contributed by atoms with Crippen molar-refractivity contribution >= 4 is 57.2 Å². The summed E-state index contributed by atoms with van der Waals surface area (Å²) in [5, 5.41) is 0. The molecule has 3 heteroatoms. The smallest absolute Gasteiger partial charge is 0.252 e. The summed E-state index contributed by atoms with van der Waals surface area (Å²) < 4.78 is 0. The zero-order chi connectivity index (χ0) is 44.9. The minimum atomic E-state index is -0.140. The lowest BCUT2D eigenvalue weighted by Gasteiger charge is -2.46. The van der Waals surface area contributed by atoms with Gasteiger partial charge in [0.25, 0.3) is 6.71 Å². The number of benzene rings is 7. The molecule has 0 bridgehead atoms. The summed E-state index contributed by atoms with van der Waals surface area (Å²) in [4.78, 5) is 5.15. The zero-order valence-electron chi connectivity index (χ0n) is 40.0. The number of hydrogen-bond donors (Lipinski definition) is 0. The van der Waals surface area contributed by atoms with Crippen LogP contribution in [0, 0.1) is 0 Å². The molecule has 0 spiro atoms. The van der Waals surface area contributed by atoms with Crippen molar-refractivity contribution in [2.45, 2.75) is 117 Å². The molecule has 0 aromatic heterocycles. The van der Waals surface area contributed by atoms with E-state index in [1.807, 2.05) is 0 Å². The van der Waals surface area contributed by atoms with Crippen LogP contribution in [0.4, 0.5) is 34.1 Å². The molecular weight excluding hydrogens is 759 g/mol. The molecular formula is C60H65BN2. The normalized spacial score (nSPS) is 14.0. The van der Waals surface area contributed by atoms with Crippen LogP contribution in [-0.2, 0) is 27.1 Å². The highest BCUT2D eigenvalue weighted by molar-refractivity contribution is 7.00. The molecule has 9 rings (SSSR count). The van der Waals surface area contributed by atoms with Gasteiger partial charge in [0.1, 0.15) is 0 Å². The van der Waals surface area contributed by atoms with Crippen molar-refractivity contribution in [1.82, 2.24) is 0 Å². The summed E-state index contributed by atoms with van der Waals surface area (Å²) in [7, 11) is 0. The van der Waals surface area contributed by atoms with Gasteiger partial charge < -0.3 is 9.80 Å². The predicted octanol–water partition coefficient (Wildman–Crippen LogP) is 14.3. The fraction of sp³-hybridized carbons (Fsp3) is 0.300. The van der Waals surface area contributed by atoms with Crippen LogP contribution in [0.3, 0.4) is 0 Å². The van der Waals surface area contributed by atoms with Gasteiger partial charge in [-0.2, -0.15) is 0 Å². The molecule has 0 radical (unpaired) electrons. The molecule has 2 aliphatic heterocycles. The molecule has 0 atom stereocenters. The second-order valence-electron chi connectivity index (χ2n) is 22.4. The summed E-state index contributed by atoms with van der Waals surface area (Å²) in [6.07, 6.45) is 0. The minimum Gasteiger partial charge on any atom is -0.311 e. The van der Waals surface area contributed by atoms with Gasteiger partial charge in [-0.15, -0.1) is 0 Å². The van der Waals surface area contributed by atoms with Crippen LogP contribution < -0.4 is 26.2 Å². The van der Waals surface area contributed by atoms with Crippen molar-refractivity contribution in [2.24, 2.45) is 0 Å². The van der Waals surface area contributed by atoms with Gasteiger partial charge in [-0.25, -0.2) is 0 Å². The van der Waals surface area contributed by atoms with E-state index < -0.39 is 0 Å². The predicted molar refractivity (Wildman–Crippen MR) is 274 cm³/mol. The van der Waals surface area contributed by atoms with E-state index in [4.69, 9.17) is 0 Å². The molecule has 0 saturated heterocycles. The summed E-state index contributed by atoms with van der Waals surface area (Å²) in [5.74, 6) is 0. The Labute approximate surface area is 379 Å². The van der Waals surface area contributed by atoms with E-state index in [0.29, 0.717) is 0 Å². The quantitative estimate of drug-likeness (QED) is 0.154. The molecule has 0 unspecified atom stereocenters. The lowest BCUT2D eigenvalue weighted by molar-refractivity contribution is 0.590. The Morgan fingerprint density at radius 3 is 0.952 bits per heavy atom. The van der Waals surface area contributed by atoms with Crippen LogP contribution in [0.2, 0.25) is 0 Å². The Bertz CT molecular complexity index is 2630. The first-order chi connectivity index (χ1) is 29.7. The molecule has 7 aromatic carbocycles. The van der Waals surface area contributed by atoms with E-state index in [1.54, 1.807) is 0 Å². The number of anilines is 6. The standard InChI is InChI=1S/C60H65BN2/c1-56(2,3)44-28-34-51-49(36-44)61-50-37-45(57(4,5)6)29-35-52(50)63(48-32-26-43(27-33-48)60(12,13)41-22-18-15-19-23-41)54-39-46(58(7,8)9)38-53(55(54)61)62(51)47-30-24-42(25-31-47)59(10,11)40-20-16-14-17-21-40/h14-39H,1-13H3. The number of nitrogens with zero attached hydrogens (tertiary/aromatic N) is 2. The van der Waals surface area contributed by atoms with Crippen LogP contribution in [0.25, 0.3) is 0 Å². The first kappa shape index (κ1) is 42.5. The third-order valence-corrected chi connectivity index (χ3v) is 14.3. The third kappa shape index (κ3) is 7.32. The maximum Gasteiger partial charge on any atom is 0.252 e. The van der Waals surface area contributed by atoms with Crippen molar-refractivity contribution in [3.05, 3.63) is 197 Å². The molecule has 318 valence electrons. The maximum absolute atomic E-state index is 2.58. The SMILES string of the molecule is CC(C)(C)c1ccc2c(c1)B1c3cc(C(C)(C)C)ccc3N(c3ccc(C(C)(C)c4ccccc4)cc3)c3cc(C(C)(C)C)cc(c31)N2c1ccc(C(C)(C)c2ccccc2)cc1. The van der Waals surface area contributed by atoms with E-state index in [1.165, 1.54) is 89.5 Å². The molecule has 2 aliphatic rings. The summed E-state index contributed by atoms with van der Waals surface area (Å²) in [6, 6.07) is 60.3. The number of rotatable bonds is 6. The summed E-state index contributed by atoms with van der Waals surface area (Å²) in [6.45, 7) is 30.5. The van der Waals surface area contributed by atoms with Gasteiger partial charge >= 0.3 is 0 Å². The van der Waals surface area contributed by atoms with Gasteiger partial charge in [-0.1, -0.05) is 199 Å². The second-order valence-corrected chi connectivity index (χ2v) is 22.4. The maximum atomic E-state index is 2.58. The first-order valence-corrected chi connectivity index (χ1v) is 23.1. The fourth-order valence-electron chi connectivity index (χ4n) is 10.0. The topological polar surface area (TPSA) is 6.48 Å². The molecule has 2 heterocycles. The molecule has 2 nitrogen and oxygen atoms in total. The monoisotopic (exact) mass is 825 g/mol. The van der Waals surface area contributed by atoms with E-state index >= 15 is 0 Å². The van der Waals surface area contributed by atoms with E-state index in [2.05, 4.69) is 258 Å². The van der Waals surface area contributed by atoms with Crippen LogP contribution in [-0.4, -0.2) is 6.71 Å². The Kier molecular flexibility index (Phi) is 10.1. The van der Waals surface area contributed by atoms with E-state index in [0.717, 1.165) is 0 Å². The molecule has 63 heavy (non-hydrogen) atoms. The van der Waals surface area contributed by atoms with Gasteiger partial charge in [0, 0.05) is 45.0 Å². The van der Waals surface area contributed by atoms with Crippen molar-refractivity contribution in [3.8, 4) is 0 Å². The Hall–Kier alpha value is -5.80. The Balaban J connectivity index is 1.31. The molecule has 0 aliphatic carbocycles. The van der Waals surface area contributed by atoms with Crippen molar-refractivity contribution in [1.29, 1.82) is 0 Å². The molecule has 0 saturated carbocycles. The van der Waals surface area contributed by atoms with Gasteiger partial charge in [-0.05, 0) is 120 Å². The Morgan fingerprint density at radius 2 is 0.619 bits per heavy atom. The van der Waals surface area contributed by atoms with Crippen LogP contribution in [0.1, 0.15) is 129 Å². The van der Waals surface area contributed by atoms with Gasteiger partial charge in [-0.3, -0.25) is 0 Å². The number of hydrogen-bond acceptors (Lipinski definition) is 2. The van der Waals surface area contributed by atoms with Crippen molar-refractivity contribution in [2.75, 3.05) is 9.80 Å². The first-order valence-electron chi connectivity index (χ1n) is 23.1. The van der Waals surface area contributed by atoms with E-state index in [-0.39, 0.29) is 33.8 Å². The lowest BCUT2D eigenvalue weighted by atomic mass is 9.33. The largest absolute Gasteiger partial charge is 0.311 e. The van der Waals surface area contributed by atoms with Gasteiger partial charge in [0.05, 0.1) is 0 Å². The lowest BCUT2D eigenvalue weighted by Crippen LogP contribution is -2.61. The average molecular weight is 825 g/mol. The van der Waals surface area contributed by atoms with Gasteiger partial charge in [0.15, 0.2) is 0 Å². The third-order valence-electron chi connectivity index (χ3n) is 14.3. The fourth-order valence-corrected chi connectivity index (χ4v) is 10.0. The number of fused-ring (bicyclic) bond motifs is 4. The van der Waals surface area contributed by atoms with Crippen LogP contribution in [0.15, 0.2) is 158 Å². The van der Waals surface area contributed by atoms with Crippen molar-refractivity contribution in [3.63, 3.8) is 0 Å². The molecule has 0 amide bonds. The summed E-state index contributed by atoms with van der Waals surface area (Å²) >= 11 is 0. The second kappa shape index (κ2) is 14.9. The van der Waals surface area contributed by atoms with E-state index in [9.17, 15) is 0 Å². The summed E-state index contributed by atoms with van der Waals surface area (Å²) in [5.41, 5.74) is 20.3. The molecule has 0 N–H and O–H groups in total.